The van der Waals surface area contributed by atoms with Crippen molar-refractivity contribution in [3.8, 4) is 10.4 Å². The van der Waals surface area contributed by atoms with E-state index in [1.807, 2.05) is 11.3 Å². The van der Waals surface area contributed by atoms with Gasteiger partial charge >= 0.3 is 0 Å². The summed E-state index contributed by atoms with van der Waals surface area (Å²) >= 11 is 1.83. The van der Waals surface area contributed by atoms with Gasteiger partial charge in [0.15, 0.2) is 0 Å². The van der Waals surface area contributed by atoms with E-state index in [1.165, 1.54) is 20.9 Å². The molecule has 0 bridgehead atoms. The van der Waals surface area contributed by atoms with Crippen molar-refractivity contribution in [1.29, 1.82) is 0 Å². The molecule has 1 heterocycles. The van der Waals surface area contributed by atoms with E-state index >= 15 is 0 Å². The highest BCUT2D eigenvalue weighted by molar-refractivity contribution is 7.15. The molecule has 1 aromatic carbocycles. The fraction of sp³-hybridized carbons (Fsp3) is 0.412. The minimum atomic E-state index is 0.143. The van der Waals surface area contributed by atoms with Gasteiger partial charge in [-0.1, -0.05) is 52.0 Å². The third kappa shape index (κ3) is 3.07. The zero-order valence-corrected chi connectivity index (χ0v) is 13.0. The normalized spacial score (nSPS) is 13.2. The number of rotatable bonds is 4. The van der Waals surface area contributed by atoms with Gasteiger partial charge in [-0.2, -0.15) is 0 Å². The van der Waals surface area contributed by atoms with Gasteiger partial charge < -0.3 is 5.73 Å². The molecule has 102 valence electrons. The molecule has 1 aromatic heterocycles. The molecule has 2 rings (SSSR count). The molecule has 0 radical (unpaired) electrons. The summed E-state index contributed by atoms with van der Waals surface area (Å²) in [5.74, 6) is 1.02. The molecule has 0 aliphatic carbocycles. The number of hydrogen-bond donors (Lipinski definition) is 1. The van der Waals surface area contributed by atoms with Crippen molar-refractivity contribution >= 4 is 11.3 Å². The molecule has 1 unspecified atom stereocenters. The smallest absolute Gasteiger partial charge is 0.0413 e. The van der Waals surface area contributed by atoms with E-state index in [0.29, 0.717) is 11.8 Å². The van der Waals surface area contributed by atoms with Gasteiger partial charge in [0.1, 0.15) is 0 Å². The van der Waals surface area contributed by atoms with E-state index in [2.05, 4.69) is 64.1 Å². The Labute approximate surface area is 120 Å². The second kappa shape index (κ2) is 5.89. The van der Waals surface area contributed by atoms with E-state index in [-0.39, 0.29) is 6.04 Å². The van der Waals surface area contributed by atoms with Crippen molar-refractivity contribution in [1.82, 2.24) is 0 Å². The minimum Gasteiger partial charge on any atom is -0.323 e. The predicted molar refractivity (Wildman–Crippen MR) is 85.6 cm³/mol. The topological polar surface area (TPSA) is 26.0 Å². The standard InChI is InChI=1S/C17H23NS/c1-11(2)13-7-5-6-8-14(13)15-9-10-16(19-15)17(18)12(3)4/h5-12,17H,18H2,1-4H3. The second-order valence-electron chi connectivity index (χ2n) is 5.71. The first-order chi connectivity index (χ1) is 9.00. The molecular formula is C17H23NS. The van der Waals surface area contributed by atoms with Gasteiger partial charge in [0, 0.05) is 15.8 Å². The molecular weight excluding hydrogens is 250 g/mol. The largest absolute Gasteiger partial charge is 0.323 e. The second-order valence-corrected chi connectivity index (χ2v) is 6.83. The van der Waals surface area contributed by atoms with Crippen LogP contribution in [0.3, 0.4) is 0 Å². The highest BCUT2D eigenvalue weighted by atomic mass is 32.1. The van der Waals surface area contributed by atoms with Gasteiger partial charge in [-0.05, 0) is 35.1 Å². The molecule has 2 aromatic rings. The molecule has 0 saturated carbocycles. The lowest BCUT2D eigenvalue weighted by atomic mass is 9.96. The summed E-state index contributed by atoms with van der Waals surface area (Å²) in [6.07, 6.45) is 0. The summed E-state index contributed by atoms with van der Waals surface area (Å²) in [5.41, 5.74) is 9.00. The summed E-state index contributed by atoms with van der Waals surface area (Å²) in [4.78, 5) is 2.61. The van der Waals surface area contributed by atoms with E-state index in [9.17, 15) is 0 Å². The van der Waals surface area contributed by atoms with Crippen LogP contribution in [0.4, 0.5) is 0 Å². The van der Waals surface area contributed by atoms with Crippen LogP contribution in [-0.4, -0.2) is 0 Å². The lowest BCUT2D eigenvalue weighted by molar-refractivity contribution is 0.521. The van der Waals surface area contributed by atoms with Crippen molar-refractivity contribution in [2.45, 2.75) is 39.7 Å². The quantitative estimate of drug-likeness (QED) is 0.814. The van der Waals surface area contributed by atoms with Gasteiger partial charge in [-0.3, -0.25) is 0 Å². The monoisotopic (exact) mass is 273 g/mol. The van der Waals surface area contributed by atoms with Crippen LogP contribution in [0.1, 0.15) is 50.1 Å². The fourth-order valence-corrected chi connectivity index (χ4v) is 3.46. The van der Waals surface area contributed by atoms with Crippen LogP contribution in [0.5, 0.6) is 0 Å². The number of benzene rings is 1. The van der Waals surface area contributed by atoms with Crippen LogP contribution in [0.2, 0.25) is 0 Å². The third-order valence-electron chi connectivity index (χ3n) is 3.52. The Morgan fingerprint density at radius 1 is 0.947 bits per heavy atom. The van der Waals surface area contributed by atoms with Crippen molar-refractivity contribution in [2.75, 3.05) is 0 Å². The van der Waals surface area contributed by atoms with E-state index in [1.54, 1.807) is 0 Å². The molecule has 0 spiro atoms. The van der Waals surface area contributed by atoms with Gasteiger partial charge in [-0.25, -0.2) is 0 Å². The summed E-state index contributed by atoms with van der Waals surface area (Å²) in [6.45, 7) is 8.83. The molecule has 0 saturated heterocycles. The maximum Gasteiger partial charge on any atom is 0.0413 e. The van der Waals surface area contributed by atoms with Gasteiger partial charge in [-0.15, -0.1) is 11.3 Å². The van der Waals surface area contributed by atoms with Crippen molar-refractivity contribution in [3.63, 3.8) is 0 Å². The maximum absolute atomic E-state index is 6.24. The number of hydrogen-bond acceptors (Lipinski definition) is 2. The summed E-state index contributed by atoms with van der Waals surface area (Å²) < 4.78 is 0. The molecule has 19 heavy (non-hydrogen) atoms. The molecule has 0 aliphatic rings. The van der Waals surface area contributed by atoms with Crippen LogP contribution in [0.15, 0.2) is 36.4 Å². The Morgan fingerprint density at radius 3 is 2.26 bits per heavy atom. The van der Waals surface area contributed by atoms with Crippen LogP contribution in [0, 0.1) is 5.92 Å². The fourth-order valence-electron chi connectivity index (χ4n) is 2.23. The summed E-state index contributed by atoms with van der Waals surface area (Å²) in [7, 11) is 0. The number of thiophene rings is 1. The van der Waals surface area contributed by atoms with Gasteiger partial charge in [0.05, 0.1) is 0 Å². The Morgan fingerprint density at radius 2 is 1.63 bits per heavy atom. The highest BCUT2D eigenvalue weighted by Gasteiger charge is 2.15. The summed E-state index contributed by atoms with van der Waals surface area (Å²) in [5, 5.41) is 0. The molecule has 0 aliphatic heterocycles. The van der Waals surface area contributed by atoms with Crippen LogP contribution in [0.25, 0.3) is 10.4 Å². The third-order valence-corrected chi connectivity index (χ3v) is 4.74. The molecule has 1 atom stereocenters. The Balaban J connectivity index is 2.38. The highest BCUT2D eigenvalue weighted by Crippen LogP contribution is 2.36. The lowest BCUT2D eigenvalue weighted by Gasteiger charge is -2.13. The van der Waals surface area contributed by atoms with Crippen molar-refractivity contribution < 1.29 is 0 Å². The number of nitrogens with two attached hydrogens (primary N) is 1. The molecule has 2 N–H and O–H groups in total. The van der Waals surface area contributed by atoms with E-state index in [0.717, 1.165) is 0 Å². The zero-order chi connectivity index (χ0) is 14.0. The minimum absolute atomic E-state index is 0.143. The SMILES string of the molecule is CC(C)c1ccccc1-c1ccc(C(N)C(C)C)s1. The van der Waals surface area contributed by atoms with Crippen molar-refractivity contribution in [2.24, 2.45) is 11.7 Å². The van der Waals surface area contributed by atoms with Gasteiger partial charge in [0.25, 0.3) is 0 Å². The van der Waals surface area contributed by atoms with Crippen LogP contribution < -0.4 is 5.73 Å². The maximum atomic E-state index is 6.24. The lowest BCUT2D eigenvalue weighted by Crippen LogP contribution is -2.14. The Bertz CT molecular complexity index is 540. The van der Waals surface area contributed by atoms with Crippen LogP contribution >= 0.6 is 11.3 Å². The average Bonchev–Trinajstić information content (AvgIpc) is 2.87. The Kier molecular flexibility index (Phi) is 4.43. The molecule has 0 amide bonds. The molecule has 1 nitrogen and oxygen atoms in total. The van der Waals surface area contributed by atoms with E-state index in [4.69, 9.17) is 5.73 Å². The molecule has 0 fully saturated rings. The van der Waals surface area contributed by atoms with E-state index < -0.39 is 0 Å². The predicted octanol–water partition coefficient (Wildman–Crippen LogP) is 5.19. The van der Waals surface area contributed by atoms with Gasteiger partial charge in [0.2, 0.25) is 0 Å². The summed E-state index contributed by atoms with van der Waals surface area (Å²) in [6, 6.07) is 13.2. The van der Waals surface area contributed by atoms with Crippen molar-refractivity contribution in [3.05, 3.63) is 46.8 Å². The Hall–Kier alpha value is -1.12. The van der Waals surface area contributed by atoms with Crippen LogP contribution in [-0.2, 0) is 0 Å². The molecule has 2 heteroatoms. The average molecular weight is 273 g/mol. The zero-order valence-electron chi connectivity index (χ0n) is 12.2. The first-order valence-electron chi connectivity index (χ1n) is 6.95. The first-order valence-corrected chi connectivity index (χ1v) is 7.77. The first kappa shape index (κ1) is 14.3.